The molecule has 0 saturated carbocycles. The van der Waals surface area contributed by atoms with Crippen molar-refractivity contribution in [1.29, 1.82) is 0 Å². The molecule has 1 aromatic carbocycles. The first-order valence-corrected chi connectivity index (χ1v) is 7.86. The van der Waals surface area contributed by atoms with Gasteiger partial charge in [0.1, 0.15) is 0 Å². The first-order chi connectivity index (χ1) is 11.1. The zero-order chi connectivity index (χ0) is 16.7. The van der Waals surface area contributed by atoms with Gasteiger partial charge in [0.05, 0.1) is 22.3 Å². The minimum absolute atomic E-state index is 0.225. The Bertz CT molecular complexity index is 661. The van der Waals surface area contributed by atoms with E-state index in [1.54, 1.807) is 42.3 Å². The molecule has 1 heterocycles. The fourth-order valence-corrected chi connectivity index (χ4v) is 2.16. The van der Waals surface area contributed by atoms with Crippen LogP contribution in [0.15, 0.2) is 30.5 Å². The number of nitrogens with one attached hydrogen (secondary N) is 2. The van der Waals surface area contributed by atoms with E-state index in [1.165, 1.54) is 0 Å². The van der Waals surface area contributed by atoms with Gasteiger partial charge in [0, 0.05) is 32.9 Å². The number of carbonyl (C=O) groups excluding carboxylic acids is 1. The predicted octanol–water partition coefficient (Wildman–Crippen LogP) is 2.14. The summed E-state index contributed by atoms with van der Waals surface area (Å²) in [5.74, 6) is -0.225. The maximum absolute atomic E-state index is 12.0. The van der Waals surface area contributed by atoms with Crippen LogP contribution in [0.3, 0.4) is 0 Å². The molecule has 0 unspecified atom stereocenters. The molecule has 2 aromatic rings. The number of nitrogens with zero attached hydrogens (tertiary/aromatic N) is 2. The summed E-state index contributed by atoms with van der Waals surface area (Å²) >= 11 is 11.9. The smallest absolute Gasteiger partial charge is 0.271 e. The van der Waals surface area contributed by atoms with Crippen LogP contribution in [-0.2, 0) is 4.74 Å². The summed E-state index contributed by atoms with van der Waals surface area (Å²) in [5, 5.41) is 11.1. The minimum Gasteiger partial charge on any atom is -0.383 e. The number of carbonyl (C=O) groups is 1. The largest absolute Gasteiger partial charge is 0.383 e. The lowest BCUT2D eigenvalue weighted by Gasteiger charge is -2.05. The topological polar surface area (TPSA) is 68.2 Å². The molecule has 0 saturated heterocycles. The Hall–Kier alpha value is -1.60. The van der Waals surface area contributed by atoms with Gasteiger partial charge in [-0.25, -0.2) is 4.68 Å². The van der Waals surface area contributed by atoms with Gasteiger partial charge in [0.15, 0.2) is 5.69 Å². The number of ether oxygens (including phenoxy) is 1. The highest BCUT2D eigenvalue weighted by Crippen LogP contribution is 2.24. The molecule has 1 amide bonds. The molecule has 0 atom stereocenters. The van der Waals surface area contributed by atoms with Crippen LogP contribution in [0.4, 0.5) is 0 Å². The first kappa shape index (κ1) is 17.7. The lowest BCUT2D eigenvalue weighted by Crippen LogP contribution is -2.33. The number of aromatic nitrogens is 2. The van der Waals surface area contributed by atoms with Crippen molar-refractivity contribution in [3.63, 3.8) is 0 Å². The maximum Gasteiger partial charge on any atom is 0.271 e. The van der Waals surface area contributed by atoms with Gasteiger partial charge in [-0.1, -0.05) is 23.2 Å². The number of amides is 1. The molecular formula is C15H18Cl2N4O2. The molecule has 2 N–H and O–H groups in total. The molecule has 1 aromatic heterocycles. The predicted molar refractivity (Wildman–Crippen MR) is 90.7 cm³/mol. The third-order valence-corrected chi connectivity index (χ3v) is 3.80. The highest BCUT2D eigenvalue weighted by Gasteiger charge is 2.10. The molecule has 0 radical (unpaired) electrons. The summed E-state index contributed by atoms with van der Waals surface area (Å²) in [6, 6.07) is 6.81. The van der Waals surface area contributed by atoms with Gasteiger partial charge in [0.2, 0.25) is 0 Å². The van der Waals surface area contributed by atoms with Crippen molar-refractivity contribution < 1.29 is 9.53 Å². The van der Waals surface area contributed by atoms with E-state index in [4.69, 9.17) is 27.9 Å². The quantitative estimate of drug-likeness (QED) is 0.711. The molecule has 6 nitrogen and oxygen atoms in total. The molecule has 23 heavy (non-hydrogen) atoms. The number of halogens is 2. The Balaban J connectivity index is 1.88. The van der Waals surface area contributed by atoms with Crippen molar-refractivity contribution in [2.24, 2.45) is 0 Å². The second-order valence-electron chi connectivity index (χ2n) is 4.74. The van der Waals surface area contributed by atoms with Crippen LogP contribution in [0.25, 0.3) is 5.69 Å². The Labute approximate surface area is 144 Å². The fourth-order valence-electron chi connectivity index (χ4n) is 1.87. The van der Waals surface area contributed by atoms with E-state index in [1.807, 2.05) is 0 Å². The van der Waals surface area contributed by atoms with Crippen molar-refractivity contribution >= 4 is 29.1 Å². The molecule has 0 spiro atoms. The lowest BCUT2D eigenvalue weighted by molar-refractivity contribution is 0.0948. The van der Waals surface area contributed by atoms with Gasteiger partial charge in [0.25, 0.3) is 5.91 Å². The zero-order valence-electron chi connectivity index (χ0n) is 12.7. The summed E-state index contributed by atoms with van der Waals surface area (Å²) in [6.45, 7) is 2.57. The molecule has 0 bridgehead atoms. The Morgan fingerprint density at radius 1 is 1.22 bits per heavy atom. The zero-order valence-corrected chi connectivity index (χ0v) is 14.2. The molecular weight excluding hydrogens is 339 g/mol. The lowest BCUT2D eigenvalue weighted by atomic mass is 10.3. The van der Waals surface area contributed by atoms with Gasteiger partial charge in [-0.2, -0.15) is 5.10 Å². The maximum atomic E-state index is 12.0. The van der Waals surface area contributed by atoms with Crippen LogP contribution >= 0.6 is 23.2 Å². The summed E-state index contributed by atoms with van der Waals surface area (Å²) in [6.07, 6.45) is 1.70. The Kier molecular flexibility index (Phi) is 6.85. The van der Waals surface area contributed by atoms with E-state index in [0.29, 0.717) is 35.4 Å². The SMILES string of the molecule is COCCNCCNC(=O)c1ccn(-c2ccc(Cl)c(Cl)c2)n1. The first-order valence-electron chi connectivity index (χ1n) is 7.11. The van der Waals surface area contributed by atoms with Crippen LogP contribution in [0.2, 0.25) is 10.0 Å². The molecule has 0 fully saturated rings. The van der Waals surface area contributed by atoms with E-state index in [2.05, 4.69) is 15.7 Å². The molecule has 8 heteroatoms. The van der Waals surface area contributed by atoms with Gasteiger partial charge >= 0.3 is 0 Å². The number of benzene rings is 1. The fraction of sp³-hybridized carbons (Fsp3) is 0.333. The van der Waals surface area contributed by atoms with E-state index >= 15 is 0 Å². The second kappa shape index (κ2) is 8.88. The Morgan fingerprint density at radius 2 is 2.04 bits per heavy atom. The van der Waals surface area contributed by atoms with Crippen molar-refractivity contribution in [3.8, 4) is 5.69 Å². The second-order valence-corrected chi connectivity index (χ2v) is 5.56. The van der Waals surface area contributed by atoms with Crippen molar-refractivity contribution in [2.75, 3.05) is 33.4 Å². The van der Waals surface area contributed by atoms with Crippen LogP contribution in [0.1, 0.15) is 10.5 Å². The van der Waals surface area contributed by atoms with Gasteiger partial charge < -0.3 is 15.4 Å². The average Bonchev–Trinajstić information content (AvgIpc) is 3.03. The highest BCUT2D eigenvalue weighted by atomic mass is 35.5. The molecule has 0 aliphatic carbocycles. The minimum atomic E-state index is -0.225. The monoisotopic (exact) mass is 356 g/mol. The number of methoxy groups -OCH3 is 1. The van der Waals surface area contributed by atoms with Crippen LogP contribution in [0.5, 0.6) is 0 Å². The van der Waals surface area contributed by atoms with E-state index in [-0.39, 0.29) is 5.91 Å². The summed E-state index contributed by atoms with van der Waals surface area (Å²) in [4.78, 5) is 12.0. The summed E-state index contributed by atoms with van der Waals surface area (Å²) in [7, 11) is 1.65. The molecule has 0 aliphatic heterocycles. The van der Waals surface area contributed by atoms with Gasteiger partial charge in [-0.05, 0) is 24.3 Å². The number of hydrogen-bond acceptors (Lipinski definition) is 4. The highest BCUT2D eigenvalue weighted by molar-refractivity contribution is 6.42. The molecule has 2 rings (SSSR count). The van der Waals surface area contributed by atoms with E-state index < -0.39 is 0 Å². The average molecular weight is 357 g/mol. The Morgan fingerprint density at radius 3 is 2.78 bits per heavy atom. The van der Waals surface area contributed by atoms with Crippen molar-refractivity contribution in [2.45, 2.75) is 0 Å². The van der Waals surface area contributed by atoms with Crippen LogP contribution in [-0.4, -0.2) is 49.0 Å². The summed E-state index contributed by atoms with van der Waals surface area (Å²) in [5.41, 5.74) is 1.08. The van der Waals surface area contributed by atoms with E-state index in [0.717, 1.165) is 12.2 Å². The van der Waals surface area contributed by atoms with Gasteiger partial charge in [-0.15, -0.1) is 0 Å². The number of hydrogen-bond donors (Lipinski definition) is 2. The van der Waals surface area contributed by atoms with Crippen molar-refractivity contribution in [3.05, 3.63) is 46.2 Å². The third kappa shape index (κ3) is 5.21. The molecule has 124 valence electrons. The number of rotatable bonds is 8. The van der Waals surface area contributed by atoms with Crippen LogP contribution < -0.4 is 10.6 Å². The third-order valence-electron chi connectivity index (χ3n) is 3.06. The summed E-state index contributed by atoms with van der Waals surface area (Å²) < 4.78 is 6.50. The van der Waals surface area contributed by atoms with Crippen molar-refractivity contribution in [1.82, 2.24) is 20.4 Å². The van der Waals surface area contributed by atoms with Gasteiger partial charge in [-0.3, -0.25) is 4.79 Å². The van der Waals surface area contributed by atoms with E-state index in [9.17, 15) is 4.79 Å². The normalized spacial score (nSPS) is 10.7. The standard InChI is InChI=1S/C15H18Cl2N4O2/c1-23-9-7-18-5-6-19-15(22)14-4-8-21(20-14)11-2-3-12(16)13(17)10-11/h2-4,8,10,18H,5-7,9H2,1H3,(H,19,22). The molecule has 0 aliphatic rings. The van der Waals surface area contributed by atoms with Crippen LogP contribution in [0, 0.1) is 0 Å².